The molecule has 32 heavy (non-hydrogen) atoms. The fraction of sp³-hybridized carbons (Fsp3) is 0.346. The average Bonchev–Trinajstić information content (AvgIpc) is 2.83. The third-order valence-electron chi connectivity index (χ3n) is 5.15. The summed E-state index contributed by atoms with van der Waals surface area (Å²) < 4.78 is 16.2. The van der Waals surface area contributed by atoms with Crippen LogP contribution < -0.4 is 4.74 Å². The van der Waals surface area contributed by atoms with Gasteiger partial charge in [-0.15, -0.1) is 0 Å². The summed E-state index contributed by atoms with van der Waals surface area (Å²) >= 11 is 0. The van der Waals surface area contributed by atoms with Crippen LogP contribution in [0.3, 0.4) is 0 Å². The van der Waals surface area contributed by atoms with Crippen molar-refractivity contribution >= 4 is 23.7 Å². The Bertz CT molecular complexity index is 963. The van der Waals surface area contributed by atoms with E-state index in [4.69, 9.17) is 19.2 Å². The predicted octanol–water partition coefficient (Wildman–Crippen LogP) is 4.88. The molecule has 6 nitrogen and oxygen atoms in total. The van der Waals surface area contributed by atoms with E-state index in [-0.39, 0.29) is 12.4 Å². The summed E-state index contributed by atoms with van der Waals surface area (Å²) in [7, 11) is 1.63. The van der Waals surface area contributed by atoms with Gasteiger partial charge in [-0.2, -0.15) is 0 Å². The molecular weight excluding hydrogens is 406 g/mol. The Balaban J connectivity index is 1.85. The summed E-state index contributed by atoms with van der Waals surface area (Å²) in [4.78, 5) is 29.5. The first-order valence-corrected chi connectivity index (χ1v) is 10.9. The predicted molar refractivity (Wildman–Crippen MR) is 124 cm³/mol. The molecule has 0 saturated heterocycles. The molecule has 2 aromatic carbocycles. The molecule has 2 aromatic rings. The molecular formula is C26H29NO5. The molecule has 0 spiro atoms. The molecule has 1 heterocycles. The monoisotopic (exact) mass is 435 g/mol. The van der Waals surface area contributed by atoms with Gasteiger partial charge in [-0.1, -0.05) is 30.3 Å². The number of esters is 2. The van der Waals surface area contributed by atoms with Crippen LogP contribution in [-0.4, -0.2) is 44.0 Å². The van der Waals surface area contributed by atoms with Crippen LogP contribution >= 0.6 is 0 Å². The van der Waals surface area contributed by atoms with Crippen molar-refractivity contribution in [2.45, 2.75) is 38.7 Å². The number of carbonyl (C=O) groups is 2. The van der Waals surface area contributed by atoms with Gasteiger partial charge in [0.15, 0.2) is 0 Å². The maximum atomic E-state index is 12.8. The number of benzene rings is 2. The van der Waals surface area contributed by atoms with Crippen LogP contribution in [0.5, 0.6) is 5.75 Å². The molecule has 0 aromatic heterocycles. The minimum absolute atomic E-state index is 0.148. The quantitative estimate of drug-likeness (QED) is 0.525. The molecule has 1 aliphatic rings. The van der Waals surface area contributed by atoms with Crippen molar-refractivity contribution in [2.24, 2.45) is 4.99 Å². The lowest BCUT2D eigenvalue weighted by atomic mass is 9.93. The van der Waals surface area contributed by atoms with E-state index in [1.807, 2.05) is 30.3 Å². The number of carbonyl (C=O) groups excluding carboxylic acids is 2. The smallest absolute Gasteiger partial charge is 0.338 e. The molecule has 0 fully saturated rings. The van der Waals surface area contributed by atoms with Crippen LogP contribution in [0.2, 0.25) is 0 Å². The lowest BCUT2D eigenvalue weighted by Gasteiger charge is -2.25. The van der Waals surface area contributed by atoms with E-state index in [0.29, 0.717) is 25.1 Å². The van der Waals surface area contributed by atoms with Crippen LogP contribution in [0, 0.1) is 0 Å². The number of aliphatic imine (C=N–C) groups is 1. The van der Waals surface area contributed by atoms with E-state index in [1.165, 1.54) is 0 Å². The largest absolute Gasteiger partial charge is 0.497 e. The molecule has 0 bridgehead atoms. The van der Waals surface area contributed by atoms with Crippen LogP contribution in [0.25, 0.3) is 6.08 Å². The molecule has 6 heteroatoms. The van der Waals surface area contributed by atoms with Gasteiger partial charge in [-0.25, -0.2) is 4.79 Å². The van der Waals surface area contributed by atoms with E-state index >= 15 is 0 Å². The average molecular weight is 436 g/mol. The van der Waals surface area contributed by atoms with Crippen molar-refractivity contribution in [2.75, 3.05) is 20.3 Å². The highest BCUT2D eigenvalue weighted by Crippen LogP contribution is 2.24. The summed E-state index contributed by atoms with van der Waals surface area (Å²) in [5.41, 5.74) is 3.21. The standard InChI is InChI=1S/C26H29NO5/c1-3-31-24(28)16-15-23(32-26(29)20-8-5-4-6-9-20)25-21(10-7-17-27-25)18-19-11-13-22(30-2)14-12-19/h4-6,8-9,11-14,18,23H,3,7,10,15-17H2,1-2H3/b21-18+/t23-/m0/s1. The highest BCUT2D eigenvalue weighted by Gasteiger charge is 2.27. The van der Waals surface area contributed by atoms with Crippen LogP contribution in [0.1, 0.15) is 48.5 Å². The van der Waals surface area contributed by atoms with Crippen LogP contribution in [-0.2, 0) is 14.3 Å². The van der Waals surface area contributed by atoms with Gasteiger partial charge < -0.3 is 14.2 Å². The van der Waals surface area contributed by atoms with Crippen LogP contribution in [0.4, 0.5) is 0 Å². The first kappa shape index (κ1) is 23.3. The van der Waals surface area contributed by atoms with Crippen molar-refractivity contribution in [1.82, 2.24) is 0 Å². The summed E-state index contributed by atoms with van der Waals surface area (Å²) in [6.45, 7) is 2.75. The highest BCUT2D eigenvalue weighted by atomic mass is 16.5. The van der Waals surface area contributed by atoms with Gasteiger partial charge in [0.25, 0.3) is 0 Å². The second kappa shape index (κ2) is 11.8. The minimum atomic E-state index is -0.628. The molecule has 1 aliphatic heterocycles. The first-order valence-electron chi connectivity index (χ1n) is 10.9. The maximum absolute atomic E-state index is 12.8. The SMILES string of the molecule is CCOC(=O)CC[C@H](OC(=O)c1ccccc1)C1=NCCC/C1=C\c1ccc(OC)cc1. The number of nitrogens with zero attached hydrogens (tertiary/aromatic N) is 1. The fourth-order valence-electron chi connectivity index (χ4n) is 3.56. The number of hydrogen-bond donors (Lipinski definition) is 0. The van der Waals surface area contributed by atoms with Gasteiger partial charge in [0.2, 0.25) is 0 Å². The molecule has 1 atom stereocenters. The topological polar surface area (TPSA) is 74.2 Å². The van der Waals surface area contributed by atoms with Gasteiger partial charge in [-0.05, 0) is 61.2 Å². The molecule has 168 valence electrons. The van der Waals surface area contributed by atoms with Crippen molar-refractivity contribution in [3.8, 4) is 5.75 Å². The van der Waals surface area contributed by atoms with E-state index < -0.39 is 12.1 Å². The van der Waals surface area contributed by atoms with Crippen LogP contribution in [0.15, 0.2) is 65.2 Å². The molecule has 0 N–H and O–H groups in total. The Morgan fingerprint density at radius 2 is 1.84 bits per heavy atom. The first-order chi connectivity index (χ1) is 15.6. The molecule has 0 unspecified atom stereocenters. The van der Waals surface area contributed by atoms with E-state index in [1.54, 1.807) is 38.3 Å². The zero-order valence-electron chi connectivity index (χ0n) is 18.6. The minimum Gasteiger partial charge on any atom is -0.497 e. The highest BCUT2D eigenvalue weighted by molar-refractivity contribution is 6.08. The lowest BCUT2D eigenvalue weighted by molar-refractivity contribution is -0.143. The molecule has 3 rings (SSSR count). The van der Waals surface area contributed by atoms with Crippen molar-refractivity contribution in [1.29, 1.82) is 0 Å². The van der Waals surface area contributed by atoms with Gasteiger partial charge in [0, 0.05) is 19.4 Å². The Kier molecular flexibility index (Phi) is 8.61. The Morgan fingerprint density at radius 3 is 2.53 bits per heavy atom. The van der Waals surface area contributed by atoms with Gasteiger partial charge in [0.1, 0.15) is 11.9 Å². The Hall–Kier alpha value is -3.41. The number of ether oxygens (including phenoxy) is 3. The summed E-state index contributed by atoms with van der Waals surface area (Å²) in [6, 6.07) is 16.6. The van der Waals surface area contributed by atoms with Gasteiger partial charge >= 0.3 is 11.9 Å². The molecule has 0 radical (unpaired) electrons. The third-order valence-corrected chi connectivity index (χ3v) is 5.15. The number of rotatable bonds is 9. The van der Waals surface area contributed by atoms with Crippen molar-refractivity contribution in [3.05, 3.63) is 71.3 Å². The van der Waals surface area contributed by atoms with Gasteiger partial charge in [-0.3, -0.25) is 9.79 Å². The van der Waals surface area contributed by atoms with E-state index in [2.05, 4.69) is 6.08 Å². The zero-order valence-corrected chi connectivity index (χ0v) is 18.6. The molecule has 0 aliphatic carbocycles. The summed E-state index contributed by atoms with van der Waals surface area (Å²) in [5, 5.41) is 0. The van der Waals surface area contributed by atoms with Crippen molar-refractivity contribution in [3.63, 3.8) is 0 Å². The molecule has 0 amide bonds. The maximum Gasteiger partial charge on any atom is 0.338 e. The summed E-state index contributed by atoms with van der Waals surface area (Å²) in [5.74, 6) is 0.0377. The lowest BCUT2D eigenvalue weighted by Crippen LogP contribution is -2.31. The van der Waals surface area contributed by atoms with E-state index in [9.17, 15) is 9.59 Å². The second-order valence-electron chi connectivity index (χ2n) is 7.42. The third kappa shape index (κ3) is 6.54. The summed E-state index contributed by atoms with van der Waals surface area (Å²) in [6.07, 6.45) is 3.64. The second-order valence-corrected chi connectivity index (χ2v) is 7.42. The van der Waals surface area contributed by atoms with Crippen molar-refractivity contribution < 1.29 is 23.8 Å². The molecule has 0 saturated carbocycles. The number of methoxy groups -OCH3 is 1. The van der Waals surface area contributed by atoms with E-state index in [0.717, 1.165) is 35.4 Å². The number of hydrogen-bond acceptors (Lipinski definition) is 6. The van der Waals surface area contributed by atoms with Gasteiger partial charge in [0.05, 0.1) is 25.0 Å². The normalized spacial score (nSPS) is 15.6. The Labute approximate surface area is 188 Å². The Morgan fingerprint density at radius 1 is 1.09 bits per heavy atom. The zero-order chi connectivity index (χ0) is 22.8. The fourth-order valence-corrected chi connectivity index (χ4v) is 3.56.